The largest absolute Gasteiger partial charge is 0.493 e. The van der Waals surface area contributed by atoms with Gasteiger partial charge in [-0.1, -0.05) is 6.07 Å². The number of carboxylic acid groups (broad SMARTS) is 1. The van der Waals surface area contributed by atoms with Crippen molar-refractivity contribution < 1.29 is 24.1 Å². The number of ether oxygens (including phenoxy) is 3. The van der Waals surface area contributed by atoms with E-state index < -0.39 is 12.1 Å². The molecule has 0 bridgehead atoms. The van der Waals surface area contributed by atoms with Crippen LogP contribution in [0.4, 0.5) is 0 Å². The zero-order valence-electron chi connectivity index (χ0n) is 15.0. The average molecular weight is 386 g/mol. The molecular weight excluding hydrogens is 368 g/mol. The van der Waals surface area contributed by atoms with Gasteiger partial charge < -0.3 is 19.3 Å². The lowest BCUT2D eigenvalue weighted by molar-refractivity contribution is 0.0685. The Morgan fingerprint density at radius 1 is 1.37 bits per heavy atom. The quantitative estimate of drug-likeness (QED) is 0.716. The third-order valence-electron chi connectivity index (χ3n) is 4.17. The number of hydrogen-bond acceptors (Lipinski definition) is 6. The molecule has 1 atom stereocenters. The van der Waals surface area contributed by atoms with E-state index in [0.717, 1.165) is 4.88 Å². The topological polar surface area (TPSA) is 82.8 Å². The molecule has 3 aromatic rings. The Balaban J connectivity index is 1.92. The number of thiophene rings is 1. The minimum absolute atomic E-state index is 0.0267. The van der Waals surface area contributed by atoms with E-state index in [1.807, 2.05) is 31.4 Å². The summed E-state index contributed by atoms with van der Waals surface area (Å²) in [5.74, 6) is 0.586. The number of aromatic nitrogens is 2. The highest BCUT2D eigenvalue weighted by Gasteiger charge is 2.35. The molecular formula is C19H18N2O5S. The summed E-state index contributed by atoms with van der Waals surface area (Å²) in [4.78, 5) is 16.7. The maximum Gasteiger partial charge on any atom is 0.356 e. The van der Waals surface area contributed by atoms with E-state index in [-0.39, 0.29) is 11.8 Å². The number of imidazole rings is 1. The van der Waals surface area contributed by atoms with Crippen LogP contribution in [0.15, 0.2) is 36.0 Å². The first-order valence-corrected chi connectivity index (χ1v) is 9.27. The zero-order chi connectivity index (χ0) is 19.1. The lowest BCUT2D eigenvalue weighted by Crippen LogP contribution is -2.22. The maximum absolute atomic E-state index is 11.7. The summed E-state index contributed by atoms with van der Waals surface area (Å²) in [6, 6.07) is 7.36. The summed E-state index contributed by atoms with van der Waals surface area (Å²) < 4.78 is 19.2. The molecule has 2 aromatic heterocycles. The second kappa shape index (κ2) is 6.62. The molecule has 0 fully saturated rings. The van der Waals surface area contributed by atoms with E-state index in [4.69, 9.17) is 14.2 Å². The molecule has 0 amide bonds. The zero-order valence-corrected chi connectivity index (χ0v) is 15.8. The monoisotopic (exact) mass is 386 g/mol. The van der Waals surface area contributed by atoms with Crippen LogP contribution in [0.2, 0.25) is 0 Å². The normalized spacial score (nSPS) is 15.0. The predicted molar refractivity (Wildman–Crippen MR) is 99.6 cm³/mol. The molecule has 7 nitrogen and oxygen atoms in total. The first-order chi connectivity index (χ1) is 13.0. The molecule has 8 heteroatoms. The molecule has 0 aliphatic carbocycles. The number of carbonyl (C=O) groups is 1. The van der Waals surface area contributed by atoms with Crippen molar-refractivity contribution in [3.63, 3.8) is 0 Å². The smallest absolute Gasteiger partial charge is 0.356 e. The molecule has 27 heavy (non-hydrogen) atoms. The molecule has 0 saturated heterocycles. The first kappa shape index (κ1) is 17.4. The van der Waals surface area contributed by atoms with Gasteiger partial charge in [0.15, 0.2) is 23.3 Å². The van der Waals surface area contributed by atoms with Crippen molar-refractivity contribution in [2.45, 2.75) is 26.1 Å². The van der Waals surface area contributed by atoms with Gasteiger partial charge in [-0.05, 0) is 25.3 Å². The highest BCUT2D eigenvalue weighted by Crippen LogP contribution is 2.45. The fraction of sp³-hybridized carbons (Fsp3) is 0.263. The van der Waals surface area contributed by atoms with Gasteiger partial charge in [0, 0.05) is 12.1 Å². The fourth-order valence-corrected chi connectivity index (χ4v) is 3.85. The standard InChI is InChI=1S/C19H18N2O5S/c1-10(2)25-14-7-11-12(8-13(14)24-3)26-18(15-5-4-6-27-15)17-16(19(22)23)20-9-21(11)17/h4-10,18H,1-3H3,(H,22,23). The maximum atomic E-state index is 11.7. The van der Waals surface area contributed by atoms with Gasteiger partial charge in [-0.15, -0.1) is 11.3 Å². The van der Waals surface area contributed by atoms with Crippen LogP contribution in [0, 0.1) is 0 Å². The lowest BCUT2D eigenvalue weighted by atomic mass is 10.1. The third-order valence-corrected chi connectivity index (χ3v) is 5.08. The molecule has 0 saturated carbocycles. The van der Waals surface area contributed by atoms with Crippen molar-refractivity contribution in [3.05, 3.63) is 52.2 Å². The van der Waals surface area contributed by atoms with E-state index in [9.17, 15) is 9.90 Å². The number of methoxy groups -OCH3 is 1. The van der Waals surface area contributed by atoms with Gasteiger partial charge >= 0.3 is 5.97 Å². The average Bonchev–Trinajstić information content (AvgIpc) is 3.30. The molecule has 0 radical (unpaired) electrons. The second-order valence-corrected chi connectivity index (χ2v) is 7.28. The van der Waals surface area contributed by atoms with Gasteiger partial charge in [0.05, 0.1) is 23.8 Å². The summed E-state index contributed by atoms with van der Waals surface area (Å²) >= 11 is 1.50. The Kier molecular flexibility index (Phi) is 4.27. The van der Waals surface area contributed by atoms with Gasteiger partial charge in [0.1, 0.15) is 17.8 Å². The van der Waals surface area contributed by atoms with E-state index in [0.29, 0.717) is 28.6 Å². The van der Waals surface area contributed by atoms with Crippen LogP contribution >= 0.6 is 11.3 Å². The highest BCUT2D eigenvalue weighted by atomic mass is 32.1. The van der Waals surface area contributed by atoms with Crippen LogP contribution in [-0.2, 0) is 0 Å². The lowest BCUT2D eigenvalue weighted by Gasteiger charge is -2.28. The van der Waals surface area contributed by atoms with Crippen LogP contribution in [0.5, 0.6) is 17.2 Å². The number of carboxylic acids is 1. The number of rotatable bonds is 5. The summed E-state index contributed by atoms with van der Waals surface area (Å²) in [7, 11) is 1.57. The third kappa shape index (κ3) is 2.91. The number of nitrogens with zero attached hydrogens (tertiary/aromatic N) is 2. The molecule has 3 heterocycles. The van der Waals surface area contributed by atoms with Gasteiger partial charge in [-0.2, -0.15) is 0 Å². The molecule has 1 aromatic carbocycles. The van der Waals surface area contributed by atoms with Gasteiger partial charge in [0.25, 0.3) is 0 Å². The summed E-state index contributed by atoms with van der Waals surface area (Å²) in [6.07, 6.45) is 0.900. The summed E-state index contributed by atoms with van der Waals surface area (Å²) in [5.41, 5.74) is 1.12. The summed E-state index contributed by atoms with van der Waals surface area (Å²) in [5, 5.41) is 11.5. The van der Waals surface area contributed by atoms with Crippen LogP contribution in [0.1, 0.15) is 41.0 Å². The molecule has 0 spiro atoms. The molecule has 140 valence electrons. The Bertz CT molecular complexity index is 994. The Morgan fingerprint density at radius 2 is 2.19 bits per heavy atom. The van der Waals surface area contributed by atoms with Gasteiger partial charge in [0.2, 0.25) is 0 Å². The van der Waals surface area contributed by atoms with Gasteiger partial charge in [-0.25, -0.2) is 9.78 Å². The van der Waals surface area contributed by atoms with Crippen molar-refractivity contribution in [1.29, 1.82) is 0 Å². The predicted octanol–water partition coefficient (Wildman–Crippen LogP) is 3.91. The van der Waals surface area contributed by atoms with Crippen LogP contribution in [0.3, 0.4) is 0 Å². The first-order valence-electron chi connectivity index (χ1n) is 8.39. The molecule has 1 N–H and O–H groups in total. The minimum Gasteiger partial charge on any atom is -0.493 e. The van der Waals surface area contributed by atoms with Crippen molar-refractivity contribution in [3.8, 4) is 22.9 Å². The van der Waals surface area contributed by atoms with Crippen molar-refractivity contribution in [2.75, 3.05) is 7.11 Å². The second-order valence-electron chi connectivity index (χ2n) is 6.30. The Labute approximate surface area is 159 Å². The van der Waals surface area contributed by atoms with Crippen molar-refractivity contribution >= 4 is 17.3 Å². The molecule has 1 aliphatic heterocycles. The van der Waals surface area contributed by atoms with E-state index in [2.05, 4.69) is 4.98 Å². The molecule has 1 aliphatic rings. The number of benzene rings is 1. The Hall–Kier alpha value is -3.00. The van der Waals surface area contributed by atoms with Crippen LogP contribution in [-0.4, -0.2) is 33.8 Å². The van der Waals surface area contributed by atoms with Crippen molar-refractivity contribution in [1.82, 2.24) is 9.55 Å². The highest BCUT2D eigenvalue weighted by molar-refractivity contribution is 7.10. The number of fused-ring (bicyclic) bond motifs is 3. The van der Waals surface area contributed by atoms with Crippen LogP contribution < -0.4 is 14.2 Å². The molecule has 4 rings (SSSR count). The number of hydrogen-bond donors (Lipinski definition) is 1. The number of aromatic carboxylic acids is 1. The molecule has 1 unspecified atom stereocenters. The minimum atomic E-state index is -1.09. The van der Waals surface area contributed by atoms with Crippen molar-refractivity contribution in [2.24, 2.45) is 0 Å². The van der Waals surface area contributed by atoms with E-state index >= 15 is 0 Å². The SMILES string of the molecule is COc1cc2c(cc1OC(C)C)-n1cnc(C(=O)O)c1C(c1cccs1)O2. The van der Waals surface area contributed by atoms with Gasteiger partial charge in [-0.3, -0.25) is 4.57 Å². The summed E-state index contributed by atoms with van der Waals surface area (Å²) in [6.45, 7) is 3.85. The Morgan fingerprint density at radius 3 is 2.81 bits per heavy atom. The van der Waals surface area contributed by atoms with Crippen LogP contribution in [0.25, 0.3) is 5.69 Å². The van der Waals surface area contributed by atoms with E-state index in [1.54, 1.807) is 23.8 Å². The fourth-order valence-electron chi connectivity index (χ4n) is 3.10. The van der Waals surface area contributed by atoms with E-state index in [1.165, 1.54) is 17.7 Å².